The number of carbonyl (C=O) groups is 1. The Kier molecular flexibility index (Phi) is 5.86. The Hall–Kier alpha value is -1.35. The molecule has 0 spiro atoms. The lowest BCUT2D eigenvalue weighted by Gasteiger charge is -2.15. The van der Waals surface area contributed by atoms with Gasteiger partial charge in [0.25, 0.3) is 0 Å². The van der Waals surface area contributed by atoms with Gasteiger partial charge in [-0.25, -0.2) is 0 Å². The maximum absolute atomic E-state index is 11.0. The molecule has 1 N–H and O–H groups in total. The van der Waals surface area contributed by atoms with E-state index in [1.54, 1.807) is 0 Å². The van der Waals surface area contributed by atoms with Crippen molar-refractivity contribution in [2.75, 3.05) is 13.7 Å². The smallest absolute Gasteiger partial charge is 0.306 e. The molecule has 3 nitrogen and oxygen atoms in total. The summed E-state index contributed by atoms with van der Waals surface area (Å²) in [6, 6.07) is 8.86. The van der Waals surface area contributed by atoms with Crippen molar-refractivity contribution in [3.63, 3.8) is 0 Å². The monoisotopic (exact) mass is 249 g/mol. The maximum atomic E-state index is 11.0. The Bertz CT molecular complexity index is 371. The number of hydrogen-bond donors (Lipinski definition) is 1. The molecule has 0 amide bonds. The molecule has 0 fully saturated rings. The second kappa shape index (κ2) is 7.17. The lowest BCUT2D eigenvalue weighted by Crippen LogP contribution is -2.22. The zero-order valence-corrected chi connectivity index (χ0v) is 11.7. The Labute approximate surface area is 110 Å². The summed E-state index contributed by atoms with van der Waals surface area (Å²) < 4.78 is 4.60. The van der Waals surface area contributed by atoms with Gasteiger partial charge in [-0.3, -0.25) is 4.79 Å². The number of carbonyl (C=O) groups excluding carboxylic acids is 1. The van der Waals surface area contributed by atoms with Crippen LogP contribution in [0.4, 0.5) is 0 Å². The summed E-state index contributed by atoms with van der Waals surface area (Å²) in [5.41, 5.74) is 2.59. The van der Waals surface area contributed by atoms with Crippen molar-refractivity contribution in [1.29, 1.82) is 0 Å². The fraction of sp³-hybridized carbons (Fsp3) is 0.533. The number of rotatable bonds is 6. The van der Waals surface area contributed by atoms with Crippen molar-refractivity contribution < 1.29 is 9.53 Å². The summed E-state index contributed by atoms with van der Waals surface area (Å²) in [6.07, 6.45) is 0.408. The summed E-state index contributed by atoms with van der Waals surface area (Å²) in [6.45, 7) is 7.11. The van der Waals surface area contributed by atoms with Crippen LogP contribution in [0, 0.1) is 0 Å². The summed E-state index contributed by atoms with van der Waals surface area (Å²) >= 11 is 0. The van der Waals surface area contributed by atoms with Crippen molar-refractivity contribution in [2.45, 2.75) is 39.2 Å². The van der Waals surface area contributed by atoms with Crippen molar-refractivity contribution in [1.82, 2.24) is 5.32 Å². The third kappa shape index (κ3) is 4.49. The van der Waals surface area contributed by atoms with Crippen LogP contribution in [0.2, 0.25) is 0 Å². The van der Waals surface area contributed by atoms with Gasteiger partial charge in [-0.1, -0.05) is 38.1 Å². The van der Waals surface area contributed by atoms with Crippen LogP contribution in [0.25, 0.3) is 0 Å². The number of esters is 1. The second-order valence-electron chi connectivity index (χ2n) is 4.82. The van der Waals surface area contributed by atoms with E-state index < -0.39 is 0 Å². The lowest BCUT2D eigenvalue weighted by atomic mass is 9.99. The number of methoxy groups -OCH3 is 1. The SMILES string of the molecule is COC(=O)CCNC(C)c1ccc(C(C)C)cc1. The standard InChI is InChI=1S/C15H23NO2/c1-11(2)13-5-7-14(8-6-13)12(3)16-10-9-15(17)18-4/h5-8,11-12,16H,9-10H2,1-4H3. The van der Waals surface area contributed by atoms with E-state index in [0.29, 0.717) is 18.9 Å². The molecule has 0 radical (unpaired) electrons. The number of ether oxygens (including phenoxy) is 1. The zero-order chi connectivity index (χ0) is 13.5. The van der Waals surface area contributed by atoms with E-state index in [-0.39, 0.29) is 12.0 Å². The van der Waals surface area contributed by atoms with Crippen molar-refractivity contribution in [2.24, 2.45) is 0 Å². The molecule has 1 rings (SSSR count). The van der Waals surface area contributed by atoms with Crippen molar-refractivity contribution in [3.05, 3.63) is 35.4 Å². The van der Waals surface area contributed by atoms with Crippen LogP contribution in [-0.2, 0) is 9.53 Å². The molecule has 0 aliphatic rings. The fourth-order valence-corrected chi connectivity index (χ4v) is 1.78. The molecule has 0 aromatic heterocycles. The minimum atomic E-state index is -0.176. The van der Waals surface area contributed by atoms with Gasteiger partial charge in [0.1, 0.15) is 0 Å². The minimum absolute atomic E-state index is 0.176. The highest BCUT2D eigenvalue weighted by atomic mass is 16.5. The highest BCUT2D eigenvalue weighted by Crippen LogP contribution is 2.18. The first kappa shape index (κ1) is 14.7. The molecule has 100 valence electrons. The Morgan fingerprint density at radius 3 is 2.22 bits per heavy atom. The molecular weight excluding hydrogens is 226 g/mol. The van der Waals surface area contributed by atoms with E-state index in [0.717, 1.165) is 0 Å². The maximum Gasteiger partial charge on any atom is 0.306 e. The number of nitrogens with one attached hydrogen (secondary N) is 1. The van der Waals surface area contributed by atoms with Gasteiger partial charge in [0.05, 0.1) is 13.5 Å². The van der Waals surface area contributed by atoms with E-state index in [4.69, 9.17) is 0 Å². The average Bonchev–Trinajstić information content (AvgIpc) is 2.38. The van der Waals surface area contributed by atoms with Crippen LogP contribution in [0.5, 0.6) is 0 Å². The molecule has 1 unspecified atom stereocenters. The summed E-state index contributed by atoms with van der Waals surface area (Å²) in [5, 5.41) is 3.31. The van der Waals surface area contributed by atoms with E-state index >= 15 is 0 Å². The molecule has 3 heteroatoms. The largest absolute Gasteiger partial charge is 0.469 e. The normalized spacial score (nSPS) is 12.5. The van der Waals surface area contributed by atoms with Gasteiger partial charge < -0.3 is 10.1 Å². The van der Waals surface area contributed by atoms with Crippen LogP contribution in [0.15, 0.2) is 24.3 Å². The molecule has 18 heavy (non-hydrogen) atoms. The van der Waals surface area contributed by atoms with Crippen LogP contribution in [0.3, 0.4) is 0 Å². The molecule has 0 saturated heterocycles. The van der Waals surface area contributed by atoms with Crippen LogP contribution < -0.4 is 5.32 Å². The predicted molar refractivity (Wildman–Crippen MR) is 73.6 cm³/mol. The highest BCUT2D eigenvalue weighted by molar-refractivity contribution is 5.69. The predicted octanol–water partition coefficient (Wildman–Crippen LogP) is 3.02. The van der Waals surface area contributed by atoms with Crippen molar-refractivity contribution >= 4 is 5.97 Å². The Morgan fingerprint density at radius 2 is 1.72 bits per heavy atom. The average molecular weight is 249 g/mol. The third-order valence-corrected chi connectivity index (χ3v) is 3.11. The molecule has 1 aromatic carbocycles. The van der Waals surface area contributed by atoms with Gasteiger partial charge in [-0.2, -0.15) is 0 Å². The fourth-order valence-electron chi connectivity index (χ4n) is 1.78. The second-order valence-corrected chi connectivity index (χ2v) is 4.82. The summed E-state index contributed by atoms with van der Waals surface area (Å²) in [4.78, 5) is 11.0. The van der Waals surface area contributed by atoms with Crippen LogP contribution in [-0.4, -0.2) is 19.6 Å². The first-order chi connectivity index (χ1) is 8.54. The summed E-state index contributed by atoms with van der Waals surface area (Å²) in [5.74, 6) is 0.381. The zero-order valence-electron chi connectivity index (χ0n) is 11.7. The minimum Gasteiger partial charge on any atom is -0.469 e. The molecular formula is C15H23NO2. The molecule has 0 aliphatic carbocycles. The number of hydrogen-bond acceptors (Lipinski definition) is 3. The lowest BCUT2D eigenvalue weighted by molar-refractivity contribution is -0.140. The quantitative estimate of drug-likeness (QED) is 0.788. The third-order valence-electron chi connectivity index (χ3n) is 3.11. The van der Waals surface area contributed by atoms with Crippen LogP contribution in [0.1, 0.15) is 50.3 Å². The molecule has 0 aliphatic heterocycles. The number of benzene rings is 1. The van der Waals surface area contributed by atoms with E-state index in [1.807, 2.05) is 0 Å². The Balaban J connectivity index is 2.46. The van der Waals surface area contributed by atoms with Crippen molar-refractivity contribution in [3.8, 4) is 0 Å². The first-order valence-corrected chi connectivity index (χ1v) is 6.44. The van der Waals surface area contributed by atoms with E-state index in [1.165, 1.54) is 18.2 Å². The van der Waals surface area contributed by atoms with Gasteiger partial charge in [0, 0.05) is 12.6 Å². The molecule has 1 aromatic rings. The van der Waals surface area contributed by atoms with Gasteiger partial charge in [0.2, 0.25) is 0 Å². The highest BCUT2D eigenvalue weighted by Gasteiger charge is 2.07. The van der Waals surface area contributed by atoms with Gasteiger partial charge in [-0.05, 0) is 24.0 Å². The van der Waals surface area contributed by atoms with Gasteiger partial charge in [0.15, 0.2) is 0 Å². The van der Waals surface area contributed by atoms with Gasteiger partial charge in [-0.15, -0.1) is 0 Å². The van der Waals surface area contributed by atoms with Gasteiger partial charge >= 0.3 is 5.97 Å². The van der Waals surface area contributed by atoms with E-state index in [9.17, 15) is 4.79 Å². The molecule has 1 atom stereocenters. The Morgan fingerprint density at radius 1 is 1.17 bits per heavy atom. The van der Waals surface area contributed by atoms with E-state index in [2.05, 4.69) is 55.1 Å². The molecule has 0 bridgehead atoms. The first-order valence-electron chi connectivity index (χ1n) is 6.44. The molecule has 0 saturated carbocycles. The summed E-state index contributed by atoms with van der Waals surface area (Å²) in [7, 11) is 1.41. The molecule has 0 heterocycles. The topological polar surface area (TPSA) is 38.3 Å². The van der Waals surface area contributed by atoms with Crippen LogP contribution >= 0.6 is 0 Å².